The van der Waals surface area contributed by atoms with E-state index >= 15 is 0 Å². The van der Waals surface area contributed by atoms with E-state index in [0.717, 1.165) is 13.0 Å². The fourth-order valence-electron chi connectivity index (χ4n) is 2.89. The predicted octanol–water partition coefficient (Wildman–Crippen LogP) is 2.82. The lowest BCUT2D eigenvalue weighted by molar-refractivity contribution is 0.376. The Morgan fingerprint density at radius 1 is 1.05 bits per heavy atom. The normalized spacial score (nSPS) is 14.3. The zero-order valence-corrected chi connectivity index (χ0v) is 11.6. The molecular formula is C17H20N2. The van der Waals surface area contributed by atoms with Gasteiger partial charge in [0.25, 0.3) is 0 Å². The van der Waals surface area contributed by atoms with Crippen LogP contribution < -0.4 is 5.73 Å². The molecule has 3 rings (SSSR count). The van der Waals surface area contributed by atoms with Crippen molar-refractivity contribution in [3.8, 4) is 11.1 Å². The smallest absolute Gasteiger partial charge is 0.0424 e. The molecule has 0 aromatic heterocycles. The Kier molecular flexibility index (Phi) is 3.13. The number of nitrogens with two attached hydrogens (primary N) is 1. The zero-order valence-electron chi connectivity index (χ0n) is 11.6. The van der Waals surface area contributed by atoms with Crippen molar-refractivity contribution in [2.45, 2.75) is 12.5 Å². The van der Waals surface area contributed by atoms with Crippen molar-refractivity contribution < 1.29 is 0 Å². The minimum Gasteiger partial charge on any atom is -0.323 e. The second-order valence-corrected chi connectivity index (χ2v) is 5.62. The van der Waals surface area contributed by atoms with Crippen LogP contribution in [0.25, 0.3) is 11.1 Å². The summed E-state index contributed by atoms with van der Waals surface area (Å²) in [5, 5.41) is 0. The molecule has 1 aliphatic rings. The van der Waals surface area contributed by atoms with Crippen molar-refractivity contribution in [1.29, 1.82) is 0 Å². The number of likely N-dealkylation sites (N-methyl/N-ethyl adjacent to an activating group) is 1. The Morgan fingerprint density at radius 3 is 2.58 bits per heavy atom. The summed E-state index contributed by atoms with van der Waals surface area (Å²) in [4.78, 5) is 2.13. The molecular weight excluding hydrogens is 232 g/mol. The Labute approximate surface area is 114 Å². The highest BCUT2D eigenvalue weighted by Crippen LogP contribution is 2.37. The van der Waals surface area contributed by atoms with Crippen LogP contribution in [0.2, 0.25) is 0 Å². The fourth-order valence-corrected chi connectivity index (χ4v) is 2.89. The molecule has 1 aliphatic carbocycles. The Hall–Kier alpha value is -1.64. The van der Waals surface area contributed by atoms with Gasteiger partial charge >= 0.3 is 0 Å². The minimum absolute atomic E-state index is 0.0870. The summed E-state index contributed by atoms with van der Waals surface area (Å²) in [5.74, 6) is 0. The molecule has 0 aliphatic heterocycles. The predicted molar refractivity (Wildman–Crippen MR) is 80.2 cm³/mol. The Bertz CT molecular complexity index is 602. The van der Waals surface area contributed by atoms with E-state index < -0.39 is 0 Å². The van der Waals surface area contributed by atoms with Crippen LogP contribution in [0.15, 0.2) is 42.5 Å². The lowest BCUT2D eigenvalue weighted by Gasteiger charge is -2.18. The summed E-state index contributed by atoms with van der Waals surface area (Å²) in [6.45, 7) is 0.881. The number of nitrogens with zero attached hydrogens (tertiary/aromatic N) is 1. The molecule has 1 unspecified atom stereocenters. The first-order valence-electron chi connectivity index (χ1n) is 6.76. The average Bonchev–Trinajstić information content (AvgIpc) is 2.75. The first-order valence-corrected chi connectivity index (χ1v) is 6.76. The van der Waals surface area contributed by atoms with E-state index in [1.54, 1.807) is 0 Å². The van der Waals surface area contributed by atoms with Crippen molar-refractivity contribution in [1.82, 2.24) is 4.90 Å². The average molecular weight is 252 g/mol. The number of hydrogen-bond donors (Lipinski definition) is 1. The lowest BCUT2D eigenvalue weighted by Crippen LogP contribution is -2.26. The minimum atomic E-state index is 0.0870. The molecule has 19 heavy (non-hydrogen) atoms. The van der Waals surface area contributed by atoms with E-state index in [4.69, 9.17) is 5.73 Å². The molecule has 0 bridgehead atoms. The largest absolute Gasteiger partial charge is 0.323 e. The first-order chi connectivity index (χ1) is 9.15. The van der Waals surface area contributed by atoms with Crippen LogP contribution in [0.5, 0.6) is 0 Å². The van der Waals surface area contributed by atoms with Crippen molar-refractivity contribution in [3.63, 3.8) is 0 Å². The van der Waals surface area contributed by atoms with Gasteiger partial charge in [-0.1, -0.05) is 42.5 Å². The van der Waals surface area contributed by atoms with Gasteiger partial charge in [-0.05, 0) is 48.3 Å². The third kappa shape index (κ3) is 2.29. The molecule has 98 valence electrons. The van der Waals surface area contributed by atoms with E-state index in [9.17, 15) is 0 Å². The molecule has 0 saturated heterocycles. The number of fused-ring (bicyclic) bond motifs is 3. The van der Waals surface area contributed by atoms with E-state index in [2.05, 4.69) is 61.5 Å². The molecule has 0 radical (unpaired) electrons. The Balaban J connectivity index is 1.93. The van der Waals surface area contributed by atoms with Gasteiger partial charge in [0.05, 0.1) is 0 Å². The quantitative estimate of drug-likeness (QED) is 0.776. The molecule has 2 nitrogen and oxygen atoms in total. The number of rotatable bonds is 3. The molecule has 2 N–H and O–H groups in total. The van der Waals surface area contributed by atoms with Crippen molar-refractivity contribution in [2.75, 3.05) is 20.6 Å². The number of benzene rings is 2. The Morgan fingerprint density at radius 2 is 1.79 bits per heavy atom. The maximum Gasteiger partial charge on any atom is 0.0424 e. The summed E-state index contributed by atoms with van der Waals surface area (Å²) in [6.07, 6.45) is 1.04. The molecule has 0 heterocycles. The van der Waals surface area contributed by atoms with Gasteiger partial charge in [0.1, 0.15) is 0 Å². The number of hydrogen-bond acceptors (Lipinski definition) is 2. The van der Waals surface area contributed by atoms with Gasteiger partial charge < -0.3 is 10.6 Å². The van der Waals surface area contributed by atoms with E-state index in [1.165, 1.54) is 27.8 Å². The monoisotopic (exact) mass is 252 g/mol. The van der Waals surface area contributed by atoms with Crippen LogP contribution >= 0.6 is 0 Å². The highest BCUT2D eigenvalue weighted by atomic mass is 15.1. The summed E-state index contributed by atoms with van der Waals surface area (Å²) >= 11 is 0. The van der Waals surface area contributed by atoms with E-state index in [-0.39, 0.29) is 6.04 Å². The van der Waals surface area contributed by atoms with Crippen molar-refractivity contribution >= 4 is 0 Å². The molecule has 0 amide bonds. The van der Waals surface area contributed by atoms with Crippen LogP contribution in [0, 0.1) is 0 Å². The maximum atomic E-state index is 6.25. The van der Waals surface area contributed by atoms with Crippen LogP contribution in [0.3, 0.4) is 0 Å². The summed E-state index contributed by atoms with van der Waals surface area (Å²) in [7, 11) is 4.12. The van der Waals surface area contributed by atoms with Crippen molar-refractivity contribution in [3.05, 3.63) is 59.2 Å². The fraction of sp³-hybridized carbons (Fsp3) is 0.294. The lowest BCUT2D eigenvalue weighted by atomic mass is 10.00. The second-order valence-electron chi connectivity index (χ2n) is 5.62. The highest BCUT2D eigenvalue weighted by Gasteiger charge is 2.19. The third-order valence-electron chi connectivity index (χ3n) is 3.81. The molecule has 1 atom stereocenters. The highest BCUT2D eigenvalue weighted by molar-refractivity contribution is 5.76. The van der Waals surface area contributed by atoms with Gasteiger partial charge in [-0.25, -0.2) is 0 Å². The molecule has 2 aromatic rings. The van der Waals surface area contributed by atoms with Crippen molar-refractivity contribution in [2.24, 2.45) is 5.73 Å². The van der Waals surface area contributed by atoms with E-state index in [1.807, 2.05) is 0 Å². The topological polar surface area (TPSA) is 29.3 Å². The van der Waals surface area contributed by atoms with Gasteiger partial charge in [0, 0.05) is 12.6 Å². The van der Waals surface area contributed by atoms with Crippen LogP contribution in [-0.2, 0) is 6.42 Å². The van der Waals surface area contributed by atoms with Gasteiger partial charge in [-0.15, -0.1) is 0 Å². The molecule has 2 aromatic carbocycles. The third-order valence-corrected chi connectivity index (χ3v) is 3.81. The van der Waals surface area contributed by atoms with Gasteiger partial charge in [0.2, 0.25) is 0 Å². The molecule has 0 fully saturated rings. The van der Waals surface area contributed by atoms with Crippen LogP contribution in [0.4, 0.5) is 0 Å². The maximum absolute atomic E-state index is 6.25. The van der Waals surface area contributed by atoms with Crippen LogP contribution in [-0.4, -0.2) is 25.5 Å². The summed E-state index contributed by atoms with van der Waals surface area (Å²) in [6, 6.07) is 15.4. The molecule has 0 saturated carbocycles. The zero-order chi connectivity index (χ0) is 13.4. The van der Waals surface area contributed by atoms with Crippen LogP contribution in [0.1, 0.15) is 22.7 Å². The standard InChI is InChI=1S/C17H20N2/c1-19(2)11-17(18)13-7-8-16-14(10-13)9-12-5-3-4-6-15(12)16/h3-8,10,17H,9,11,18H2,1-2H3. The molecule has 2 heteroatoms. The van der Waals surface area contributed by atoms with Gasteiger partial charge in [-0.2, -0.15) is 0 Å². The SMILES string of the molecule is CN(C)CC(N)c1ccc2c(c1)Cc1ccccc1-2. The summed E-state index contributed by atoms with van der Waals surface area (Å²) in [5.41, 5.74) is 13.1. The van der Waals surface area contributed by atoms with E-state index in [0.29, 0.717) is 0 Å². The molecule has 0 spiro atoms. The first kappa shape index (κ1) is 12.4. The van der Waals surface area contributed by atoms with Gasteiger partial charge in [0.15, 0.2) is 0 Å². The second kappa shape index (κ2) is 4.80. The summed E-state index contributed by atoms with van der Waals surface area (Å²) < 4.78 is 0. The van der Waals surface area contributed by atoms with Gasteiger partial charge in [-0.3, -0.25) is 0 Å².